The SMILES string of the molecule is Cc1cnn(CCN2CC3CN(c4cc(C5CCC5)ncn4)CC3C2)c1. The second-order valence-corrected chi connectivity index (χ2v) is 8.39. The molecule has 0 aromatic carbocycles. The molecule has 6 heteroatoms. The number of aromatic nitrogens is 4. The Hall–Kier alpha value is -1.95. The second kappa shape index (κ2) is 6.65. The van der Waals surface area contributed by atoms with E-state index in [2.05, 4.69) is 48.7 Å². The Balaban J connectivity index is 1.17. The first-order chi connectivity index (χ1) is 12.7. The maximum Gasteiger partial charge on any atom is 0.132 e. The van der Waals surface area contributed by atoms with Crippen LogP contribution in [0, 0.1) is 18.8 Å². The Labute approximate surface area is 155 Å². The molecule has 0 bridgehead atoms. The minimum absolute atomic E-state index is 0.681. The van der Waals surface area contributed by atoms with E-state index >= 15 is 0 Å². The van der Waals surface area contributed by atoms with Gasteiger partial charge in [0.1, 0.15) is 12.1 Å². The molecule has 3 aliphatic rings. The first-order valence-corrected chi connectivity index (χ1v) is 10.0. The van der Waals surface area contributed by atoms with Crippen molar-refractivity contribution < 1.29 is 0 Å². The molecule has 2 unspecified atom stereocenters. The summed E-state index contributed by atoms with van der Waals surface area (Å²) in [6, 6.07) is 2.25. The average molecular weight is 352 g/mol. The molecule has 2 atom stereocenters. The van der Waals surface area contributed by atoms with Crippen LogP contribution in [0.2, 0.25) is 0 Å². The van der Waals surface area contributed by atoms with E-state index in [1.807, 2.05) is 6.20 Å². The smallest absolute Gasteiger partial charge is 0.132 e. The monoisotopic (exact) mass is 352 g/mol. The molecule has 5 rings (SSSR count). The first kappa shape index (κ1) is 16.2. The topological polar surface area (TPSA) is 50.1 Å². The Morgan fingerprint density at radius 1 is 1.04 bits per heavy atom. The highest BCUT2D eigenvalue weighted by atomic mass is 15.3. The minimum Gasteiger partial charge on any atom is -0.356 e. The van der Waals surface area contributed by atoms with Crippen LogP contribution in [0.5, 0.6) is 0 Å². The molecule has 0 spiro atoms. The largest absolute Gasteiger partial charge is 0.356 e. The van der Waals surface area contributed by atoms with Crippen molar-refractivity contribution in [3.8, 4) is 0 Å². The molecule has 6 nitrogen and oxygen atoms in total. The van der Waals surface area contributed by atoms with Crippen molar-refractivity contribution in [2.75, 3.05) is 37.6 Å². The molecule has 1 aliphatic carbocycles. The molecule has 0 N–H and O–H groups in total. The maximum atomic E-state index is 4.58. The van der Waals surface area contributed by atoms with E-state index < -0.39 is 0 Å². The van der Waals surface area contributed by atoms with Gasteiger partial charge in [0.05, 0.1) is 12.7 Å². The molecular formula is C20H28N6. The summed E-state index contributed by atoms with van der Waals surface area (Å²) in [5.41, 5.74) is 2.50. The lowest BCUT2D eigenvalue weighted by molar-refractivity contribution is 0.296. The van der Waals surface area contributed by atoms with Gasteiger partial charge in [-0.15, -0.1) is 0 Å². The number of likely N-dealkylation sites (tertiary alicyclic amines) is 1. The summed E-state index contributed by atoms with van der Waals surface area (Å²) in [5.74, 6) is 3.38. The zero-order chi connectivity index (χ0) is 17.5. The van der Waals surface area contributed by atoms with E-state index in [9.17, 15) is 0 Å². The Bertz CT molecular complexity index is 753. The van der Waals surface area contributed by atoms with Gasteiger partial charge >= 0.3 is 0 Å². The van der Waals surface area contributed by atoms with Crippen molar-refractivity contribution in [3.05, 3.63) is 36.0 Å². The highest BCUT2D eigenvalue weighted by Gasteiger charge is 2.40. The van der Waals surface area contributed by atoms with Crippen molar-refractivity contribution in [2.45, 2.75) is 38.6 Å². The molecule has 2 saturated heterocycles. The summed E-state index contributed by atoms with van der Waals surface area (Å²) in [4.78, 5) is 14.2. The van der Waals surface area contributed by atoms with Crippen LogP contribution in [0.3, 0.4) is 0 Å². The summed E-state index contributed by atoms with van der Waals surface area (Å²) in [5, 5.41) is 4.40. The van der Waals surface area contributed by atoms with Crippen molar-refractivity contribution in [3.63, 3.8) is 0 Å². The van der Waals surface area contributed by atoms with Gasteiger partial charge in [-0.3, -0.25) is 4.68 Å². The summed E-state index contributed by atoms with van der Waals surface area (Å²) in [6.07, 6.45) is 9.80. The van der Waals surface area contributed by atoms with Crippen molar-refractivity contribution in [2.24, 2.45) is 11.8 Å². The Morgan fingerprint density at radius 3 is 2.50 bits per heavy atom. The maximum absolute atomic E-state index is 4.58. The zero-order valence-electron chi connectivity index (χ0n) is 15.6. The third kappa shape index (κ3) is 3.11. The van der Waals surface area contributed by atoms with Crippen LogP contribution in [0.25, 0.3) is 0 Å². The fourth-order valence-electron chi connectivity index (χ4n) is 4.75. The number of fused-ring (bicyclic) bond motifs is 1. The summed E-state index contributed by atoms with van der Waals surface area (Å²) < 4.78 is 2.07. The normalized spacial score (nSPS) is 26.3. The molecule has 2 aromatic heterocycles. The van der Waals surface area contributed by atoms with Gasteiger partial charge in [-0.2, -0.15) is 5.10 Å². The minimum atomic E-state index is 0.681. The van der Waals surface area contributed by atoms with Crippen LogP contribution in [-0.2, 0) is 6.54 Å². The lowest BCUT2D eigenvalue weighted by Crippen LogP contribution is -2.31. The molecule has 0 amide bonds. The van der Waals surface area contributed by atoms with E-state index in [-0.39, 0.29) is 0 Å². The number of hydrogen-bond acceptors (Lipinski definition) is 5. The fourth-order valence-corrected chi connectivity index (χ4v) is 4.75. The van der Waals surface area contributed by atoms with Gasteiger partial charge in [-0.1, -0.05) is 6.42 Å². The third-order valence-electron chi connectivity index (χ3n) is 6.49. The van der Waals surface area contributed by atoms with E-state index in [4.69, 9.17) is 0 Å². The van der Waals surface area contributed by atoms with Gasteiger partial charge < -0.3 is 9.80 Å². The van der Waals surface area contributed by atoms with Crippen LogP contribution in [0.15, 0.2) is 24.8 Å². The van der Waals surface area contributed by atoms with Crippen molar-refractivity contribution in [1.29, 1.82) is 0 Å². The zero-order valence-corrected chi connectivity index (χ0v) is 15.6. The number of nitrogens with zero attached hydrogens (tertiary/aromatic N) is 6. The number of aryl methyl sites for hydroxylation is 1. The van der Waals surface area contributed by atoms with Gasteiger partial charge in [0.25, 0.3) is 0 Å². The van der Waals surface area contributed by atoms with Crippen molar-refractivity contribution >= 4 is 5.82 Å². The van der Waals surface area contributed by atoms with E-state index in [1.165, 1.54) is 43.6 Å². The van der Waals surface area contributed by atoms with Crippen LogP contribution in [0.4, 0.5) is 5.82 Å². The summed E-state index contributed by atoms with van der Waals surface area (Å²) in [6.45, 7) is 8.90. The summed E-state index contributed by atoms with van der Waals surface area (Å²) >= 11 is 0. The third-order valence-corrected chi connectivity index (χ3v) is 6.49. The van der Waals surface area contributed by atoms with Crippen LogP contribution in [0.1, 0.15) is 36.4 Å². The fraction of sp³-hybridized carbons (Fsp3) is 0.650. The molecule has 2 aliphatic heterocycles. The van der Waals surface area contributed by atoms with E-state index in [0.717, 1.165) is 43.8 Å². The highest BCUT2D eigenvalue weighted by Crippen LogP contribution is 2.37. The number of rotatable bonds is 5. The van der Waals surface area contributed by atoms with Crippen LogP contribution >= 0.6 is 0 Å². The predicted molar refractivity (Wildman–Crippen MR) is 101 cm³/mol. The standard InChI is InChI=1S/C20H28N6/c1-15-8-23-26(9-15)6-5-24-10-17-12-25(13-18(17)11-24)20-7-19(21-14-22-20)16-3-2-4-16/h7-9,14,16-18H,2-6,10-13H2,1H3. The number of anilines is 1. The molecule has 2 aromatic rings. The lowest BCUT2D eigenvalue weighted by atomic mass is 9.83. The van der Waals surface area contributed by atoms with Gasteiger partial charge in [-0.05, 0) is 37.2 Å². The van der Waals surface area contributed by atoms with Crippen molar-refractivity contribution in [1.82, 2.24) is 24.6 Å². The molecular weight excluding hydrogens is 324 g/mol. The van der Waals surface area contributed by atoms with Crippen LogP contribution < -0.4 is 4.90 Å². The molecule has 0 radical (unpaired) electrons. The Kier molecular flexibility index (Phi) is 4.15. The van der Waals surface area contributed by atoms with Gasteiger partial charge in [-0.25, -0.2) is 9.97 Å². The molecule has 4 heterocycles. The van der Waals surface area contributed by atoms with Gasteiger partial charge in [0.2, 0.25) is 0 Å². The molecule has 3 fully saturated rings. The lowest BCUT2D eigenvalue weighted by Gasteiger charge is -2.26. The Morgan fingerprint density at radius 2 is 1.85 bits per heavy atom. The average Bonchev–Trinajstić information content (AvgIpc) is 3.26. The number of hydrogen-bond donors (Lipinski definition) is 0. The molecule has 1 saturated carbocycles. The molecule has 138 valence electrons. The van der Waals surface area contributed by atoms with Crippen LogP contribution in [-0.4, -0.2) is 57.4 Å². The summed E-state index contributed by atoms with van der Waals surface area (Å²) in [7, 11) is 0. The van der Waals surface area contributed by atoms with Gasteiger partial charge in [0, 0.05) is 56.6 Å². The highest BCUT2D eigenvalue weighted by molar-refractivity contribution is 5.42. The van der Waals surface area contributed by atoms with Gasteiger partial charge in [0.15, 0.2) is 0 Å². The quantitative estimate of drug-likeness (QED) is 0.827. The van der Waals surface area contributed by atoms with E-state index in [0.29, 0.717) is 5.92 Å². The first-order valence-electron chi connectivity index (χ1n) is 10.0. The molecule has 26 heavy (non-hydrogen) atoms. The predicted octanol–water partition coefficient (Wildman–Crippen LogP) is 2.32. The second-order valence-electron chi connectivity index (χ2n) is 8.39. The van der Waals surface area contributed by atoms with E-state index in [1.54, 1.807) is 6.33 Å².